The third kappa shape index (κ3) is 13.0. The van der Waals surface area contributed by atoms with Gasteiger partial charge in [0, 0.05) is 32.7 Å². The molecule has 1 fully saturated rings. The molecule has 0 radical (unpaired) electrons. The molecule has 1 atom stereocenters. The minimum absolute atomic E-state index is 0.00300. The molecule has 0 bridgehead atoms. The highest BCUT2D eigenvalue weighted by molar-refractivity contribution is 7.88. The third-order valence-corrected chi connectivity index (χ3v) is 18.6. The van der Waals surface area contributed by atoms with Gasteiger partial charge in [-0.15, -0.1) is 0 Å². The molecular weight excluding hydrogens is 805 g/mol. The smallest absolute Gasteiger partial charge is 0.534 e. The largest absolute Gasteiger partial charge is 0.543 e. The molecule has 3 rings (SSSR count). The highest BCUT2D eigenvalue weighted by Crippen LogP contribution is 2.45. The Morgan fingerprint density at radius 3 is 2.11 bits per heavy atom. The number of rotatable bonds is 17. The normalized spacial score (nSPS) is 16.5. The second-order valence-electron chi connectivity index (χ2n) is 17.9. The van der Waals surface area contributed by atoms with Crippen LogP contribution < -0.4 is 8.61 Å². The number of amides is 2. The van der Waals surface area contributed by atoms with E-state index in [1.165, 1.54) is 15.9 Å². The molecule has 0 aliphatic carbocycles. The Morgan fingerprint density at radius 2 is 1.56 bits per heavy atom. The maximum absolute atomic E-state index is 15.7. The summed E-state index contributed by atoms with van der Waals surface area (Å²) >= 11 is 0. The molecule has 57 heavy (non-hydrogen) atoms. The van der Waals surface area contributed by atoms with Gasteiger partial charge in [0.05, 0.1) is 19.2 Å². The number of carbonyl (C=O) groups excluding carboxylic acids is 2. The molecule has 11 nitrogen and oxygen atoms in total. The topological polar surface area (TPSA) is 121 Å². The van der Waals surface area contributed by atoms with Crippen LogP contribution in [0.25, 0.3) is 10.8 Å². The lowest BCUT2D eigenvalue weighted by Gasteiger charge is -2.42. The van der Waals surface area contributed by atoms with Gasteiger partial charge in [-0.3, -0.25) is 9.69 Å². The molecule has 2 aromatic carbocycles. The molecule has 18 heteroatoms. The molecular formula is C39H62F4N2O9SSi2. The van der Waals surface area contributed by atoms with Crippen LogP contribution in [0.5, 0.6) is 11.5 Å². The average Bonchev–Trinajstić information content (AvgIpc) is 3.20. The molecule has 324 valence electrons. The van der Waals surface area contributed by atoms with Crippen LogP contribution in [0, 0.1) is 5.82 Å². The first-order valence-corrected chi connectivity index (χ1v) is 26.7. The predicted molar refractivity (Wildman–Crippen MR) is 218 cm³/mol. The van der Waals surface area contributed by atoms with Crippen LogP contribution in [0.1, 0.15) is 74.3 Å². The Balaban J connectivity index is 1.95. The maximum Gasteiger partial charge on any atom is 0.534 e. The summed E-state index contributed by atoms with van der Waals surface area (Å²) in [6, 6.07) is 6.09. The molecule has 1 saturated heterocycles. The van der Waals surface area contributed by atoms with Crippen LogP contribution in [-0.2, 0) is 35.5 Å². The van der Waals surface area contributed by atoms with E-state index >= 15 is 4.39 Å². The van der Waals surface area contributed by atoms with Crippen molar-refractivity contribution in [1.29, 1.82) is 0 Å². The first-order chi connectivity index (χ1) is 26.1. The number of benzene rings is 2. The van der Waals surface area contributed by atoms with Crippen molar-refractivity contribution in [3.63, 3.8) is 0 Å². The number of carbonyl (C=O) groups is 2. The molecule has 0 saturated carbocycles. The molecule has 0 aromatic heterocycles. The van der Waals surface area contributed by atoms with E-state index in [0.717, 1.165) is 18.2 Å². The van der Waals surface area contributed by atoms with Crippen molar-refractivity contribution in [3.8, 4) is 11.5 Å². The monoisotopic (exact) mass is 866 g/mol. The van der Waals surface area contributed by atoms with E-state index in [-0.39, 0.29) is 90.4 Å². The van der Waals surface area contributed by atoms with Crippen molar-refractivity contribution < 1.29 is 58.4 Å². The molecule has 2 amide bonds. The summed E-state index contributed by atoms with van der Waals surface area (Å²) in [4.78, 5) is 29.1. The molecule has 0 N–H and O–H groups in total. The van der Waals surface area contributed by atoms with Gasteiger partial charge < -0.3 is 27.7 Å². The van der Waals surface area contributed by atoms with E-state index in [9.17, 15) is 31.2 Å². The van der Waals surface area contributed by atoms with E-state index in [1.807, 2.05) is 41.5 Å². The van der Waals surface area contributed by atoms with E-state index in [2.05, 4.69) is 19.6 Å². The summed E-state index contributed by atoms with van der Waals surface area (Å²) < 4.78 is 111. The van der Waals surface area contributed by atoms with Crippen LogP contribution in [0.4, 0.5) is 22.4 Å². The van der Waals surface area contributed by atoms with Gasteiger partial charge in [0.15, 0.2) is 5.75 Å². The number of ether oxygens (including phenoxy) is 3. The lowest BCUT2D eigenvalue weighted by Crippen LogP contribution is -2.50. The fourth-order valence-electron chi connectivity index (χ4n) is 7.27. The minimum Gasteiger partial charge on any atom is -0.543 e. The van der Waals surface area contributed by atoms with E-state index < -0.39 is 61.4 Å². The van der Waals surface area contributed by atoms with Crippen LogP contribution in [0.15, 0.2) is 24.3 Å². The SMILES string of the molecule is CC(C)[Si](Oc1cc(OS(=O)(=O)C(F)(F)F)c2c(CCCO[C@@H]3CN(COCC[Si](C)(C)C)C(=O)CN(C(=O)OC(C)(C)C)C3)c(F)ccc2c1)(C(C)C)C(C)C. The van der Waals surface area contributed by atoms with E-state index in [0.29, 0.717) is 6.61 Å². The number of fused-ring (bicyclic) bond motifs is 1. The lowest BCUT2D eigenvalue weighted by atomic mass is 9.99. The third-order valence-electron chi connectivity index (χ3n) is 9.94. The highest BCUT2D eigenvalue weighted by Gasteiger charge is 2.50. The van der Waals surface area contributed by atoms with Crippen molar-refractivity contribution in [2.45, 2.75) is 135 Å². The van der Waals surface area contributed by atoms with Crippen molar-refractivity contribution in [1.82, 2.24) is 9.80 Å². The van der Waals surface area contributed by atoms with Crippen LogP contribution >= 0.6 is 0 Å². The molecule has 1 aliphatic rings. The second-order valence-corrected chi connectivity index (χ2v) is 30.4. The standard InChI is InChI=1S/C39H62F4N2O9SSi2/c1-26(2)57(27(3)4,28(5)6)54-30-20-29-15-16-33(40)32(36(29)34(21-30)53-55(48,49)39(41,42)43)14-13-17-51-31-22-44(37(47)52-38(7,8)9)24-35(46)45(23-31)25-50-18-19-56(10,11)12/h15-16,20-21,26-28,31H,13-14,17-19,22-25H2,1-12H3/t31-/m0/s1. The fourth-order valence-corrected chi connectivity index (χ4v) is 13.7. The van der Waals surface area contributed by atoms with Crippen molar-refractivity contribution in [3.05, 3.63) is 35.6 Å². The number of hydrogen-bond acceptors (Lipinski definition) is 9. The summed E-state index contributed by atoms with van der Waals surface area (Å²) in [5.74, 6) is -1.70. The van der Waals surface area contributed by atoms with E-state index in [1.54, 1.807) is 26.8 Å². The maximum atomic E-state index is 15.7. The molecule has 0 spiro atoms. The van der Waals surface area contributed by atoms with Gasteiger partial charge in [0.1, 0.15) is 30.4 Å². The highest BCUT2D eigenvalue weighted by atomic mass is 32.2. The van der Waals surface area contributed by atoms with Crippen molar-refractivity contribution in [2.75, 3.05) is 39.6 Å². The number of nitrogens with zero attached hydrogens (tertiary/aromatic N) is 2. The first-order valence-electron chi connectivity index (χ1n) is 19.5. The summed E-state index contributed by atoms with van der Waals surface area (Å²) in [7, 11) is -10.2. The number of aryl methyl sites for hydroxylation is 1. The summed E-state index contributed by atoms with van der Waals surface area (Å²) in [6.45, 7) is 24.2. The zero-order valence-corrected chi connectivity index (χ0v) is 38.3. The van der Waals surface area contributed by atoms with Gasteiger partial charge in [-0.2, -0.15) is 21.6 Å². The Kier molecular flexibility index (Phi) is 16.1. The molecule has 1 aliphatic heterocycles. The first kappa shape index (κ1) is 48.4. The van der Waals surface area contributed by atoms with Gasteiger partial charge in [0.25, 0.3) is 8.32 Å². The van der Waals surface area contributed by atoms with E-state index in [4.69, 9.17) is 22.8 Å². The summed E-state index contributed by atoms with van der Waals surface area (Å²) in [5.41, 5.74) is -6.39. The second kappa shape index (κ2) is 19.0. The van der Waals surface area contributed by atoms with Gasteiger partial charge in [0.2, 0.25) is 5.91 Å². The Morgan fingerprint density at radius 1 is 0.947 bits per heavy atom. The fraction of sp³-hybridized carbons (Fsp3) is 0.692. The van der Waals surface area contributed by atoms with Gasteiger partial charge in [-0.1, -0.05) is 67.2 Å². The molecule has 1 heterocycles. The summed E-state index contributed by atoms with van der Waals surface area (Å²) in [5, 5.41) is 0.0929. The van der Waals surface area contributed by atoms with Crippen molar-refractivity contribution >= 4 is 49.3 Å². The summed E-state index contributed by atoms with van der Waals surface area (Å²) in [6.07, 6.45) is -1.33. The minimum atomic E-state index is -6.15. The average molecular weight is 867 g/mol. The van der Waals surface area contributed by atoms with Gasteiger partial charge >= 0.3 is 21.7 Å². The van der Waals surface area contributed by atoms with Gasteiger partial charge in [-0.25, -0.2) is 9.18 Å². The Hall–Kier alpha value is -2.94. The zero-order chi connectivity index (χ0) is 43.3. The van der Waals surface area contributed by atoms with Crippen LogP contribution in [0.3, 0.4) is 0 Å². The zero-order valence-electron chi connectivity index (χ0n) is 35.5. The molecule has 2 aromatic rings. The lowest BCUT2D eigenvalue weighted by molar-refractivity contribution is -0.137. The Labute approximate surface area is 337 Å². The van der Waals surface area contributed by atoms with Crippen molar-refractivity contribution in [2.24, 2.45) is 0 Å². The molecule has 0 unspecified atom stereocenters. The van der Waals surface area contributed by atoms with Gasteiger partial charge in [-0.05, 0) is 79.4 Å². The number of alkyl halides is 3. The number of halogens is 4. The number of hydrogen-bond donors (Lipinski definition) is 0. The Bertz CT molecular complexity index is 1790. The van der Waals surface area contributed by atoms with Crippen LogP contribution in [-0.4, -0.2) is 103 Å². The predicted octanol–water partition coefficient (Wildman–Crippen LogP) is 9.47. The quantitative estimate of drug-likeness (QED) is 0.0504. The van der Waals surface area contributed by atoms with Crippen LogP contribution in [0.2, 0.25) is 42.3 Å².